The van der Waals surface area contributed by atoms with Crippen molar-refractivity contribution in [2.45, 2.75) is 31.8 Å². The molecule has 2 aromatic heterocycles. The van der Waals surface area contributed by atoms with Crippen molar-refractivity contribution in [1.82, 2.24) is 15.3 Å². The smallest absolute Gasteiger partial charge is 0.125 e. The third-order valence-electron chi connectivity index (χ3n) is 3.94. The summed E-state index contributed by atoms with van der Waals surface area (Å²) in [6, 6.07) is 3.94. The van der Waals surface area contributed by atoms with E-state index in [0.717, 1.165) is 17.1 Å². The van der Waals surface area contributed by atoms with Crippen LogP contribution < -0.4 is 5.32 Å². The zero-order chi connectivity index (χ0) is 14.0. The normalized spacial score (nSPS) is 17.9. The Morgan fingerprint density at radius 2 is 2.30 bits per heavy atom. The summed E-state index contributed by atoms with van der Waals surface area (Å²) in [5, 5.41) is 14.1. The van der Waals surface area contributed by atoms with E-state index in [4.69, 9.17) is 0 Å². The highest BCUT2D eigenvalue weighted by molar-refractivity contribution is 7.15. The SMILES string of the molecule is C[C@@](CO)(NCc1cnc(-c2cccnc2)s1)C1CC1. The van der Waals surface area contributed by atoms with Gasteiger partial charge in [0, 0.05) is 41.1 Å². The molecule has 2 heterocycles. The fourth-order valence-electron chi connectivity index (χ4n) is 2.35. The maximum atomic E-state index is 9.57. The highest BCUT2D eigenvalue weighted by atomic mass is 32.1. The minimum Gasteiger partial charge on any atom is -0.394 e. The van der Waals surface area contributed by atoms with Gasteiger partial charge in [0.2, 0.25) is 0 Å². The van der Waals surface area contributed by atoms with E-state index < -0.39 is 0 Å². The van der Waals surface area contributed by atoms with Gasteiger partial charge in [0.15, 0.2) is 0 Å². The average molecular weight is 289 g/mol. The number of rotatable bonds is 6. The van der Waals surface area contributed by atoms with Crippen LogP contribution in [0.1, 0.15) is 24.6 Å². The van der Waals surface area contributed by atoms with Gasteiger partial charge in [0.1, 0.15) is 5.01 Å². The van der Waals surface area contributed by atoms with Crippen LogP contribution in [0, 0.1) is 5.92 Å². The average Bonchev–Trinajstić information content (AvgIpc) is 3.25. The van der Waals surface area contributed by atoms with Gasteiger partial charge in [-0.3, -0.25) is 4.98 Å². The van der Waals surface area contributed by atoms with Crippen LogP contribution in [-0.2, 0) is 6.54 Å². The molecule has 0 amide bonds. The van der Waals surface area contributed by atoms with E-state index in [1.807, 2.05) is 24.5 Å². The van der Waals surface area contributed by atoms with Gasteiger partial charge in [-0.05, 0) is 37.8 Å². The number of aromatic nitrogens is 2. The Morgan fingerprint density at radius 3 is 2.95 bits per heavy atom. The molecule has 0 aliphatic heterocycles. The summed E-state index contributed by atoms with van der Waals surface area (Å²) in [7, 11) is 0. The first-order valence-corrected chi connectivity index (χ1v) is 7.74. The van der Waals surface area contributed by atoms with Crippen molar-refractivity contribution in [3.63, 3.8) is 0 Å². The van der Waals surface area contributed by atoms with Gasteiger partial charge in [-0.25, -0.2) is 4.98 Å². The van der Waals surface area contributed by atoms with Crippen LogP contribution in [0.4, 0.5) is 0 Å². The lowest BCUT2D eigenvalue weighted by Crippen LogP contribution is -2.47. The molecule has 1 aliphatic rings. The molecule has 2 aromatic rings. The van der Waals surface area contributed by atoms with Crippen molar-refractivity contribution in [2.75, 3.05) is 6.61 Å². The maximum absolute atomic E-state index is 9.57. The van der Waals surface area contributed by atoms with Gasteiger partial charge in [0.25, 0.3) is 0 Å². The molecule has 2 N–H and O–H groups in total. The number of hydrogen-bond acceptors (Lipinski definition) is 5. The molecule has 20 heavy (non-hydrogen) atoms. The monoisotopic (exact) mass is 289 g/mol. The molecular formula is C15H19N3OS. The van der Waals surface area contributed by atoms with Gasteiger partial charge in [-0.15, -0.1) is 11.3 Å². The van der Waals surface area contributed by atoms with Crippen LogP contribution in [0.2, 0.25) is 0 Å². The van der Waals surface area contributed by atoms with Gasteiger partial charge in [-0.1, -0.05) is 0 Å². The van der Waals surface area contributed by atoms with Gasteiger partial charge in [0.05, 0.1) is 6.61 Å². The highest BCUT2D eigenvalue weighted by Gasteiger charge is 2.40. The minimum atomic E-state index is -0.154. The lowest BCUT2D eigenvalue weighted by Gasteiger charge is -2.28. The number of pyridine rings is 1. The number of aliphatic hydroxyl groups is 1. The van der Waals surface area contributed by atoms with E-state index in [9.17, 15) is 5.11 Å². The summed E-state index contributed by atoms with van der Waals surface area (Å²) in [5.74, 6) is 0.609. The topological polar surface area (TPSA) is 58.0 Å². The summed E-state index contributed by atoms with van der Waals surface area (Å²) < 4.78 is 0. The molecule has 106 valence electrons. The van der Waals surface area contributed by atoms with Gasteiger partial charge < -0.3 is 10.4 Å². The third-order valence-corrected chi connectivity index (χ3v) is 4.98. The minimum absolute atomic E-state index is 0.154. The van der Waals surface area contributed by atoms with Gasteiger partial charge >= 0.3 is 0 Å². The molecule has 0 aromatic carbocycles. The molecule has 1 saturated carbocycles. The molecule has 1 aliphatic carbocycles. The third kappa shape index (κ3) is 2.90. The Kier molecular flexibility index (Phi) is 3.83. The molecule has 1 fully saturated rings. The van der Waals surface area contributed by atoms with Crippen LogP contribution in [0.15, 0.2) is 30.7 Å². The van der Waals surface area contributed by atoms with Crippen LogP contribution in [0.25, 0.3) is 10.6 Å². The Morgan fingerprint density at radius 1 is 1.45 bits per heavy atom. The molecule has 0 radical (unpaired) electrons. The number of nitrogens with zero attached hydrogens (tertiary/aromatic N) is 2. The fourth-order valence-corrected chi connectivity index (χ4v) is 3.19. The molecule has 0 saturated heterocycles. The number of aliphatic hydroxyl groups excluding tert-OH is 1. The van der Waals surface area contributed by atoms with E-state index in [0.29, 0.717) is 5.92 Å². The quantitative estimate of drug-likeness (QED) is 0.857. The van der Waals surface area contributed by atoms with Crippen molar-refractivity contribution in [3.05, 3.63) is 35.6 Å². The Labute approximate surface area is 122 Å². The lowest BCUT2D eigenvalue weighted by molar-refractivity contribution is 0.154. The second kappa shape index (κ2) is 5.60. The second-order valence-corrected chi connectivity index (χ2v) is 6.69. The van der Waals surface area contributed by atoms with Crippen LogP contribution in [-0.4, -0.2) is 27.2 Å². The first-order chi connectivity index (χ1) is 9.71. The Hall–Kier alpha value is -1.30. The van der Waals surface area contributed by atoms with Crippen molar-refractivity contribution in [1.29, 1.82) is 0 Å². The van der Waals surface area contributed by atoms with Crippen molar-refractivity contribution < 1.29 is 5.11 Å². The number of hydrogen-bond donors (Lipinski definition) is 2. The van der Waals surface area contributed by atoms with Crippen LogP contribution in [0.3, 0.4) is 0 Å². The molecule has 0 unspecified atom stereocenters. The summed E-state index contributed by atoms with van der Waals surface area (Å²) in [4.78, 5) is 9.75. The molecule has 0 spiro atoms. The van der Waals surface area contributed by atoms with E-state index in [1.54, 1.807) is 17.5 Å². The first kappa shape index (κ1) is 13.7. The Balaban J connectivity index is 1.66. The maximum Gasteiger partial charge on any atom is 0.125 e. The van der Waals surface area contributed by atoms with Crippen molar-refractivity contribution in [2.24, 2.45) is 5.92 Å². The van der Waals surface area contributed by atoms with Crippen molar-refractivity contribution in [3.8, 4) is 10.6 Å². The number of nitrogens with one attached hydrogen (secondary N) is 1. The zero-order valence-corrected chi connectivity index (χ0v) is 12.4. The van der Waals surface area contributed by atoms with Crippen LogP contribution in [0.5, 0.6) is 0 Å². The predicted molar refractivity (Wildman–Crippen MR) is 80.4 cm³/mol. The summed E-state index contributed by atoms with van der Waals surface area (Å²) in [5.41, 5.74) is 0.897. The number of thiazole rings is 1. The van der Waals surface area contributed by atoms with E-state index in [2.05, 4.69) is 22.2 Å². The fraction of sp³-hybridized carbons (Fsp3) is 0.467. The van der Waals surface area contributed by atoms with E-state index >= 15 is 0 Å². The lowest BCUT2D eigenvalue weighted by atomic mass is 9.97. The molecule has 5 heteroatoms. The summed E-state index contributed by atoms with van der Waals surface area (Å²) in [6.07, 6.45) is 7.94. The largest absolute Gasteiger partial charge is 0.394 e. The molecule has 0 bridgehead atoms. The second-order valence-electron chi connectivity index (χ2n) is 5.58. The molecule has 1 atom stereocenters. The Bertz CT molecular complexity index is 568. The summed E-state index contributed by atoms with van der Waals surface area (Å²) in [6.45, 7) is 3.05. The molecule has 3 rings (SSSR count). The van der Waals surface area contributed by atoms with E-state index in [-0.39, 0.29) is 12.1 Å². The zero-order valence-electron chi connectivity index (χ0n) is 11.5. The highest BCUT2D eigenvalue weighted by Crippen LogP contribution is 2.39. The first-order valence-electron chi connectivity index (χ1n) is 6.92. The van der Waals surface area contributed by atoms with Crippen molar-refractivity contribution >= 4 is 11.3 Å². The standard InChI is InChI=1S/C15H19N3OS/c1-15(10-19,12-4-5-12)18-9-13-8-17-14(20-13)11-3-2-6-16-7-11/h2-3,6-8,12,18-19H,4-5,9-10H2,1H3/t15-/m0/s1. The molecule has 4 nitrogen and oxygen atoms in total. The van der Waals surface area contributed by atoms with Crippen LogP contribution >= 0.6 is 11.3 Å². The summed E-state index contributed by atoms with van der Waals surface area (Å²) >= 11 is 1.67. The van der Waals surface area contributed by atoms with E-state index in [1.165, 1.54) is 17.7 Å². The molecular weight excluding hydrogens is 270 g/mol. The van der Waals surface area contributed by atoms with Gasteiger partial charge in [-0.2, -0.15) is 0 Å². The predicted octanol–water partition coefficient (Wildman–Crippen LogP) is 2.46.